The van der Waals surface area contributed by atoms with Crippen molar-refractivity contribution in [3.05, 3.63) is 34.2 Å². The Balaban J connectivity index is 1.82. The predicted octanol–water partition coefficient (Wildman–Crippen LogP) is 1.60. The van der Waals surface area contributed by atoms with E-state index in [0.29, 0.717) is 23.3 Å². The highest BCUT2D eigenvalue weighted by Gasteiger charge is 2.25. The minimum absolute atomic E-state index is 0.0450. The fourth-order valence-electron chi connectivity index (χ4n) is 2.08. The van der Waals surface area contributed by atoms with Crippen molar-refractivity contribution in [2.24, 2.45) is 0 Å². The number of furan rings is 1. The zero-order valence-corrected chi connectivity index (χ0v) is 11.3. The highest BCUT2D eigenvalue weighted by Crippen LogP contribution is 2.19. The molecule has 0 aliphatic carbocycles. The number of aryl methyl sites for hydroxylation is 1. The lowest BCUT2D eigenvalue weighted by atomic mass is 10.2. The van der Waals surface area contributed by atoms with Crippen molar-refractivity contribution in [1.82, 2.24) is 19.7 Å². The first-order valence-electron chi connectivity index (χ1n) is 5.57. The smallest absolute Gasteiger partial charge is 0.257 e. The van der Waals surface area contributed by atoms with Gasteiger partial charge in [0.15, 0.2) is 10.5 Å². The van der Waals surface area contributed by atoms with Gasteiger partial charge in [0.2, 0.25) is 0 Å². The number of fused-ring (bicyclic) bond motifs is 1. The summed E-state index contributed by atoms with van der Waals surface area (Å²) in [6.45, 7) is 3.80. The average Bonchev–Trinajstić information content (AvgIpc) is 2.95. The molecule has 7 heteroatoms. The summed E-state index contributed by atoms with van der Waals surface area (Å²) in [5.74, 6) is 1.68. The molecule has 0 N–H and O–H groups in total. The monoisotopic (exact) mass is 310 g/mol. The van der Waals surface area contributed by atoms with E-state index in [2.05, 4.69) is 26.1 Å². The number of carbonyl (C=O) groups excluding carboxylic acids is 1. The molecule has 0 spiro atoms. The lowest BCUT2D eigenvalue weighted by Gasteiger charge is -2.27. The second-order valence-corrected chi connectivity index (χ2v) is 4.96. The molecule has 0 aromatic carbocycles. The highest BCUT2D eigenvalue weighted by atomic mass is 79.9. The normalized spacial score (nSPS) is 14.7. The minimum atomic E-state index is -0.0450. The van der Waals surface area contributed by atoms with Crippen LogP contribution in [0.15, 0.2) is 21.4 Å². The molecule has 0 unspecified atom stereocenters. The second kappa shape index (κ2) is 4.24. The molecule has 3 heterocycles. The summed E-state index contributed by atoms with van der Waals surface area (Å²) in [5.41, 5.74) is 0.548. The first-order chi connectivity index (χ1) is 8.65. The van der Waals surface area contributed by atoms with Crippen LogP contribution in [0.5, 0.6) is 0 Å². The van der Waals surface area contributed by atoms with Gasteiger partial charge in [0.25, 0.3) is 5.91 Å². The maximum atomic E-state index is 12.2. The van der Waals surface area contributed by atoms with Crippen molar-refractivity contribution in [2.75, 3.05) is 6.54 Å². The van der Waals surface area contributed by atoms with Gasteiger partial charge in [-0.2, -0.15) is 0 Å². The quantitative estimate of drug-likeness (QED) is 0.802. The molecule has 0 fully saturated rings. The Morgan fingerprint density at radius 1 is 1.44 bits per heavy atom. The number of nitrogens with zero attached hydrogens (tertiary/aromatic N) is 4. The SMILES string of the molecule is Cc1nnc2n1CCN(C(=O)c1coc(Br)c1)C2. The van der Waals surface area contributed by atoms with Gasteiger partial charge in [-0.05, 0) is 22.9 Å². The molecular weight excluding hydrogens is 300 g/mol. The molecule has 1 amide bonds. The van der Waals surface area contributed by atoms with Crippen molar-refractivity contribution >= 4 is 21.8 Å². The highest BCUT2D eigenvalue weighted by molar-refractivity contribution is 9.10. The van der Waals surface area contributed by atoms with E-state index in [1.807, 2.05) is 11.5 Å². The molecule has 1 aliphatic rings. The van der Waals surface area contributed by atoms with E-state index in [1.54, 1.807) is 11.0 Å². The van der Waals surface area contributed by atoms with Crippen LogP contribution in [0, 0.1) is 6.92 Å². The Bertz CT molecular complexity index is 604. The zero-order valence-electron chi connectivity index (χ0n) is 9.76. The van der Waals surface area contributed by atoms with Crippen LogP contribution >= 0.6 is 15.9 Å². The number of rotatable bonds is 1. The van der Waals surface area contributed by atoms with Crippen LogP contribution in [-0.4, -0.2) is 32.1 Å². The van der Waals surface area contributed by atoms with E-state index in [0.717, 1.165) is 18.2 Å². The third-order valence-electron chi connectivity index (χ3n) is 3.04. The number of hydrogen-bond donors (Lipinski definition) is 0. The van der Waals surface area contributed by atoms with E-state index in [1.165, 1.54) is 6.26 Å². The van der Waals surface area contributed by atoms with E-state index < -0.39 is 0 Å². The Morgan fingerprint density at radius 3 is 3.00 bits per heavy atom. The van der Waals surface area contributed by atoms with Crippen molar-refractivity contribution < 1.29 is 9.21 Å². The third-order valence-corrected chi connectivity index (χ3v) is 3.46. The summed E-state index contributed by atoms with van der Waals surface area (Å²) in [4.78, 5) is 14.0. The number of halogens is 1. The third kappa shape index (κ3) is 1.84. The van der Waals surface area contributed by atoms with Crippen LogP contribution in [0.25, 0.3) is 0 Å². The molecule has 0 saturated carbocycles. The standard InChI is InChI=1S/C11H11BrN4O2/c1-7-13-14-10-5-15(2-3-16(7)10)11(17)8-4-9(12)18-6-8/h4,6H,2-3,5H2,1H3. The van der Waals surface area contributed by atoms with Gasteiger partial charge in [0.1, 0.15) is 12.1 Å². The molecule has 1 aliphatic heterocycles. The molecule has 6 nitrogen and oxygen atoms in total. The molecule has 18 heavy (non-hydrogen) atoms. The second-order valence-electron chi connectivity index (χ2n) is 4.18. The molecule has 0 atom stereocenters. The van der Waals surface area contributed by atoms with Crippen LogP contribution < -0.4 is 0 Å². The first kappa shape index (κ1) is 11.5. The summed E-state index contributed by atoms with van der Waals surface area (Å²) in [6.07, 6.45) is 1.46. The van der Waals surface area contributed by atoms with E-state index in [-0.39, 0.29) is 5.91 Å². The van der Waals surface area contributed by atoms with Crippen LogP contribution in [0.1, 0.15) is 22.0 Å². The van der Waals surface area contributed by atoms with Gasteiger partial charge in [0.05, 0.1) is 12.1 Å². The Labute approximate surface area is 112 Å². The van der Waals surface area contributed by atoms with Gasteiger partial charge in [0, 0.05) is 19.2 Å². The lowest BCUT2D eigenvalue weighted by Crippen LogP contribution is -2.38. The van der Waals surface area contributed by atoms with Crippen LogP contribution in [-0.2, 0) is 13.1 Å². The fraction of sp³-hybridized carbons (Fsp3) is 0.364. The van der Waals surface area contributed by atoms with Crippen molar-refractivity contribution in [1.29, 1.82) is 0 Å². The number of hydrogen-bond acceptors (Lipinski definition) is 4. The van der Waals surface area contributed by atoms with Gasteiger partial charge in [-0.3, -0.25) is 4.79 Å². The molecule has 0 radical (unpaired) electrons. The summed E-state index contributed by atoms with van der Waals surface area (Å²) in [5, 5.41) is 8.09. The van der Waals surface area contributed by atoms with Gasteiger partial charge < -0.3 is 13.9 Å². The summed E-state index contributed by atoms with van der Waals surface area (Å²) >= 11 is 3.19. The molecule has 2 aromatic rings. The average molecular weight is 311 g/mol. The molecular formula is C11H11BrN4O2. The number of amides is 1. The maximum absolute atomic E-state index is 12.2. The minimum Gasteiger partial charge on any atom is -0.457 e. The first-order valence-corrected chi connectivity index (χ1v) is 6.36. The molecule has 0 bridgehead atoms. The zero-order chi connectivity index (χ0) is 12.7. The van der Waals surface area contributed by atoms with Crippen LogP contribution in [0.4, 0.5) is 0 Å². The molecule has 3 rings (SSSR count). The summed E-state index contributed by atoms with van der Waals surface area (Å²) in [6, 6.07) is 1.67. The van der Waals surface area contributed by atoms with Crippen molar-refractivity contribution in [3.63, 3.8) is 0 Å². The van der Waals surface area contributed by atoms with E-state index in [9.17, 15) is 4.79 Å². The Kier molecular flexibility index (Phi) is 2.70. The predicted molar refractivity (Wildman–Crippen MR) is 65.9 cm³/mol. The molecule has 2 aromatic heterocycles. The maximum Gasteiger partial charge on any atom is 0.257 e. The summed E-state index contributed by atoms with van der Waals surface area (Å²) in [7, 11) is 0. The Hall–Kier alpha value is -1.63. The Morgan fingerprint density at radius 2 is 2.28 bits per heavy atom. The lowest BCUT2D eigenvalue weighted by molar-refractivity contribution is 0.0706. The van der Waals surface area contributed by atoms with Gasteiger partial charge in [-0.25, -0.2) is 0 Å². The van der Waals surface area contributed by atoms with Crippen molar-refractivity contribution in [2.45, 2.75) is 20.0 Å². The fourth-order valence-corrected chi connectivity index (χ4v) is 2.42. The topological polar surface area (TPSA) is 64.2 Å². The number of carbonyl (C=O) groups is 1. The summed E-state index contributed by atoms with van der Waals surface area (Å²) < 4.78 is 7.68. The van der Waals surface area contributed by atoms with E-state index >= 15 is 0 Å². The van der Waals surface area contributed by atoms with Crippen LogP contribution in [0.3, 0.4) is 0 Å². The molecule has 94 valence electrons. The number of aromatic nitrogens is 3. The van der Waals surface area contributed by atoms with Gasteiger partial charge >= 0.3 is 0 Å². The van der Waals surface area contributed by atoms with Gasteiger partial charge in [-0.1, -0.05) is 0 Å². The van der Waals surface area contributed by atoms with E-state index in [4.69, 9.17) is 4.42 Å². The van der Waals surface area contributed by atoms with Crippen LogP contribution in [0.2, 0.25) is 0 Å². The van der Waals surface area contributed by atoms with Gasteiger partial charge in [-0.15, -0.1) is 10.2 Å². The van der Waals surface area contributed by atoms with Crippen molar-refractivity contribution in [3.8, 4) is 0 Å². The molecule has 0 saturated heterocycles. The largest absolute Gasteiger partial charge is 0.457 e.